The highest BCUT2D eigenvalue weighted by atomic mass is 32.2. The van der Waals surface area contributed by atoms with Gasteiger partial charge in [-0.05, 0) is 24.6 Å². The van der Waals surface area contributed by atoms with Crippen molar-refractivity contribution >= 4 is 21.6 Å². The maximum atomic E-state index is 12.1. The average molecular weight is 331 g/mol. The lowest BCUT2D eigenvalue weighted by molar-refractivity contribution is -0.115. The first-order valence-electron chi connectivity index (χ1n) is 7.05. The second-order valence-corrected chi connectivity index (χ2v) is 6.57. The third kappa shape index (κ3) is 5.34. The van der Waals surface area contributed by atoms with E-state index in [1.807, 2.05) is 30.3 Å². The lowest BCUT2D eigenvalue weighted by atomic mass is 10.1. The van der Waals surface area contributed by atoms with Crippen LogP contribution in [0.1, 0.15) is 18.9 Å². The highest BCUT2D eigenvalue weighted by Gasteiger charge is 2.16. The molecule has 0 saturated heterocycles. The van der Waals surface area contributed by atoms with Gasteiger partial charge in [0.25, 0.3) is 0 Å². The zero-order valence-corrected chi connectivity index (χ0v) is 13.5. The van der Waals surface area contributed by atoms with Crippen LogP contribution in [-0.4, -0.2) is 19.9 Å². The molecule has 2 rings (SSSR count). The van der Waals surface area contributed by atoms with Gasteiger partial charge in [-0.1, -0.05) is 53.7 Å². The van der Waals surface area contributed by atoms with Crippen molar-refractivity contribution in [1.82, 2.24) is 0 Å². The molecule has 120 valence electrons. The van der Waals surface area contributed by atoms with Gasteiger partial charge in [-0.2, -0.15) is 8.42 Å². The molecule has 0 N–H and O–H groups in total. The van der Waals surface area contributed by atoms with Crippen molar-refractivity contribution in [2.45, 2.75) is 24.7 Å². The number of carbonyl (C=O) groups excluding carboxylic acids is 1. The van der Waals surface area contributed by atoms with Crippen molar-refractivity contribution in [3.8, 4) is 0 Å². The number of oxime groups is 1. The molecule has 23 heavy (non-hydrogen) atoms. The van der Waals surface area contributed by atoms with Crippen molar-refractivity contribution in [1.29, 1.82) is 0 Å². The molecule has 0 aliphatic heterocycles. The number of hydrogen-bond acceptors (Lipinski definition) is 5. The Morgan fingerprint density at radius 3 is 2.13 bits per heavy atom. The molecular formula is C17H17NO4S. The minimum Gasteiger partial charge on any atom is -0.300 e. The normalized spacial score (nSPS) is 12.0. The molecule has 0 aliphatic carbocycles. The molecule has 0 bridgehead atoms. The summed E-state index contributed by atoms with van der Waals surface area (Å²) in [6.45, 7) is 1.42. The van der Waals surface area contributed by atoms with Crippen molar-refractivity contribution in [2.24, 2.45) is 5.16 Å². The summed E-state index contributed by atoms with van der Waals surface area (Å²) in [4.78, 5) is 11.4. The Balaban J connectivity index is 2.18. The van der Waals surface area contributed by atoms with Crippen LogP contribution >= 0.6 is 0 Å². The lowest BCUT2D eigenvalue weighted by Crippen LogP contribution is -2.11. The van der Waals surface area contributed by atoms with Crippen molar-refractivity contribution in [3.05, 3.63) is 66.2 Å². The predicted octanol–water partition coefficient (Wildman–Crippen LogP) is 2.97. The van der Waals surface area contributed by atoms with Crippen LogP contribution in [0.15, 0.2) is 70.7 Å². The number of hydrogen-bond donors (Lipinski definition) is 0. The quantitative estimate of drug-likeness (QED) is 0.577. The largest absolute Gasteiger partial charge is 0.358 e. The maximum absolute atomic E-state index is 12.1. The van der Waals surface area contributed by atoms with Gasteiger partial charge in [-0.3, -0.25) is 9.08 Å². The number of rotatable bonds is 7. The molecule has 0 spiro atoms. The fourth-order valence-electron chi connectivity index (χ4n) is 1.98. The van der Waals surface area contributed by atoms with E-state index in [1.54, 1.807) is 18.2 Å². The minimum atomic E-state index is -3.98. The van der Waals surface area contributed by atoms with E-state index in [4.69, 9.17) is 4.28 Å². The molecule has 0 aliphatic rings. The first-order valence-corrected chi connectivity index (χ1v) is 8.46. The van der Waals surface area contributed by atoms with Crippen molar-refractivity contribution in [3.63, 3.8) is 0 Å². The SMILES string of the molecule is CC(=O)C/C(Cc1ccccc1)=N/OS(=O)(=O)c1ccccc1. The Kier molecular flexibility index (Phi) is 5.65. The Morgan fingerprint density at radius 1 is 1.00 bits per heavy atom. The monoisotopic (exact) mass is 331 g/mol. The second-order valence-electron chi connectivity index (χ2n) is 5.04. The summed E-state index contributed by atoms with van der Waals surface area (Å²) < 4.78 is 28.9. The third-order valence-corrected chi connectivity index (χ3v) is 4.12. The number of carbonyl (C=O) groups is 1. The summed E-state index contributed by atoms with van der Waals surface area (Å²) >= 11 is 0. The van der Waals surface area contributed by atoms with Gasteiger partial charge in [0.1, 0.15) is 10.7 Å². The molecule has 2 aromatic rings. The van der Waals surface area contributed by atoms with E-state index in [0.29, 0.717) is 12.1 Å². The Morgan fingerprint density at radius 2 is 1.57 bits per heavy atom. The van der Waals surface area contributed by atoms with Crippen LogP contribution in [0.4, 0.5) is 0 Å². The predicted molar refractivity (Wildman–Crippen MR) is 87.6 cm³/mol. The Bertz CT molecular complexity index is 784. The molecule has 2 aromatic carbocycles. The van der Waals surface area contributed by atoms with Gasteiger partial charge in [0.15, 0.2) is 0 Å². The lowest BCUT2D eigenvalue weighted by Gasteiger charge is -2.06. The van der Waals surface area contributed by atoms with E-state index in [1.165, 1.54) is 19.1 Å². The molecule has 5 nitrogen and oxygen atoms in total. The van der Waals surface area contributed by atoms with Crippen LogP contribution in [0.3, 0.4) is 0 Å². The molecule has 0 radical (unpaired) electrons. The summed E-state index contributed by atoms with van der Waals surface area (Å²) in [6.07, 6.45) is 0.393. The smallest absolute Gasteiger partial charge is 0.300 e. The summed E-state index contributed by atoms with van der Waals surface area (Å²) in [6, 6.07) is 17.1. The van der Waals surface area contributed by atoms with Crippen LogP contribution in [0.5, 0.6) is 0 Å². The fraction of sp³-hybridized carbons (Fsp3) is 0.176. The first-order chi connectivity index (χ1) is 11.0. The standard InChI is InChI=1S/C17H17NO4S/c1-14(19)12-16(13-15-8-4-2-5-9-15)18-22-23(20,21)17-10-6-3-7-11-17/h2-11H,12-13H2,1H3/b18-16-. The Hall–Kier alpha value is -2.47. The van der Waals surface area contributed by atoms with E-state index in [-0.39, 0.29) is 17.1 Å². The third-order valence-electron chi connectivity index (χ3n) is 3.00. The van der Waals surface area contributed by atoms with E-state index in [9.17, 15) is 13.2 Å². The maximum Gasteiger partial charge on any atom is 0.358 e. The van der Waals surface area contributed by atoms with Gasteiger partial charge in [0.2, 0.25) is 0 Å². The summed E-state index contributed by atoms with van der Waals surface area (Å²) in [5, 5.41) is 3.72. The molecule has 0 amide bonds. The summed E-state index contributed by atoms with van der Waals surface area (Å²) in [5.74, 6) is -0.111. The van der Waals surface area contributed by atoms with Gasteiger partial charge >= 0.3 is 10.1 Å². The molecule has 0 heterocycles. The first kappa shape index (κ1) is 16.9. The molecular weight excluding hydrogens is 314 g/mol. The number of benzene rings is 2. The summed E-state index contributed by atoms with van der Waals surface area (Å²) in [5.41, 5.74) is 1.29. The van der Waals surface area contributed by atoms with Gasteiger partial charge in [-0.15, -0.1) is 0 Å². The molecule has 6 heteroatoms. The minimum absolute atomic E-state index is 0.0191. The highest BCUT2D eigenvalue weighted by Crippen LogP contribution is 2.13. The zero-order chi connectivity index (χ0) is 16.7. The van der Waals surface area contributed by atoms with E-state index < -0.39 is 10.1 Å². The number of nitrogens with zero attached hydrogens (tertiary/aromatic N) is 1. The fourth-order valence-corrected chi connectivity index (χ4v) is 2.76. The van der Waals surface area contributed by atoms with Gasteiger partial charge in [0, 0.05) is 12.8 Å². The average Bonchev–Trinajstić information content (AvgIpc) is 2.54. The number of Topliss-reactive ketones (excluding diaryl/α,β-unsaturated/α-hetero) is 1. The molecule has 0 aromatic heterocycles. The van der Waals surface area contributed by atoms with Crippen LogP contribution < -0.4 is 0 Å². The van der Waals surface area contributed by atoms with Gasteiger partial charge in [0.05, 0.1) is 5.71 Å². The van der Waals surface area contributed by atoms with Crippen LogP contribution in [0.2, 0.25) is 0 Å². The second kappa shape index (κ2) is 7.69. The van der Waals surface area contributed by atoms with Crippen LogP contribution in [-0.2, 0) is 25.6 Å². The molecule has 0 saturated carbocycles. The highest BCUT2D eigenvalue weighted by molar-refractivity contribution is 7.86. The van der Waals surface area contributed by atoms with Crippen LogP contribution in [0, 0.1) is 0 Å². The molecule has 0 atom stereocenters. The molecule has 0 unspecified atom stereocenters. The van der Waals surface area contributed by atoms with E-state index >= 15 is 0 Å². The van der Waals surface area contributed by atoms with Gasteiger partial charge in [-0.25, -0.2) is 0 Å². The van der Waals surface area contributed by atoms with E-state index in [2.05, 4.69) is 5.16 Å². The number of ketones is 1. The van der Waals surface area contributed by atoms with E-state index in [0.717, 1.165) is 5.56 Å². The van der Waals surface area contributed by atoms with Crippen molar-refractivity contribution in [2.75, 3.05) is 0 Å². The zero-order valence-electron chi connectivity index (χ0n) is 12.7. The van der Waals surface area contributed by atoms with Gasteiger partial charge < -0.3 is 0 Å². The van der Waals surface area contributed by atoms with Crippen molar-refractivity contribution < 1.29 is 17.5 Å². The van der Waals surface area contributed by atoms with Crippen LogP contribution in [0.25, 0.3) is 0 Å². The summed E-state index contributed by atoms with van der Waals surface area (Å²) in [7, 11) is -3.98. The topological polar surface area (TPSA) is 72.8 Å². The Labute approximate surface area is 135 Å². The molecule has 0 fully saturated rings.